The first kappa shape index (κ1) is 22.1. The quantitative estimate of drug-likeness (QED) is 0.407. The zero-order chi connectivity index (χ0) is 23.5. The fourth-order valence-corrected chi connectivity index (χ4v) is 4.66. The number of rotatable bonds is 7. The molecular formula is C27H27N3O4. The van der Waals surface area contributed by atoms with Gasteiger partial charge in [-0.05, 0) is 60.8 Å². The summed E-state index contributed by atoms with van der Waals surface area (Å²) in [6.45, 7) is 2.75. The van der Waals surface area contributed by atoms with Gasteiger partial charge in [-0.1, -0.05) is 18.2 Å². The highest BCUT2D eigenvalue weighted by atomic mass is 16.5. The molecule has 2 N–H and O–H groups in total. The Morgan fingerprint density at radius 2 is 1.94 bits per heavy atom. The number of anilines is 1. The Kier molecular flexibility index (Phi) is 6.29. The van der Waals surface area contributed by atoms with Crippen molar-refractivity contribution in [2.24, 2.45) is 0 Å². The van der Waals surface area contributed by atoms with Gasteiger partial charge in [0.25, 0.3) is 11.8 Å². The summed E-state index contributed by atoms with van der Waals surface area (Å²) in [6.07, 6.45) is 7.26. The van der Waals surface area contributed by atoms with Crippen LogP contribution >= 0.6 is 0 Å². The van der Waals surface area contributed by atoms with Gasteiger partial charge in [-0.15, -0.1) is 0 Å². The van der Waals surface area contributed by atoms with E-state index in [0.717, 1.165) is 36.5 Å². The van der Waals surface area contributed by atoms with Gasteiger partial charge < -0.3 is 14.5 Å². The fraction of sp³-hybridized carbons (Fsp3) is 0.259. The van der Waals surface area contributed by atoms with Crippen LogP contribution in [0.1, 0.15) is 34.3 Å². The van der Waals surface area contributed by atoms with Gasteiger partial charge in [0, 0.05) is 48.3 Å². The van der Waals surface area contributed by atoms with E-state index >= 15 is 0 Å². The molecule has 2 aromatic carbocycles. The summed E-state index contributed by atoms with van der Waals surface area (Å²) in [7, 11) is 1.75. The number of benzene rings is 2. The van der Waals surface area contributed by atoms with E-state index in [1.54, 1.807) is 31.9 Å². The highest BCUT2D eigenvalue weighted by Crippen LogP contribution is 2.30. The first-order valence-corrected chi connectivity index (χ1v) is 11.4. The number of nitrogens with zero attached hydrogens (tertiary/aromatic N) is 1. The maximum Gasteiger partial charge on any atom is 0.260 e. The van der Waals surface area contributed by atoms with E-state index in [2.05, 4.69) is 27.7 Å². The van der Waals surface area contributed by atoms with Gasteiger partial charge in [0.2, 0.25) is 0 Å². The van der Waals surface area contributed by atoms with Crippen molar-refractivity contribution >= 4 is 23.1 Å². The van der Waals surface area contributed by atoms with Crippen LogP contribution in [0.15, 0.2) is 71.7 Å². The Balaban J connectivity index is 1.34. The summed E-state index contributed by atoms with van der Waals surface area (Å²) in [4.78, 5) is 27.5. The predicted molar refractivity (Wildman–Crippen MR) is 130 cm³/mol. The topological polar surface area (TPSA) is 83.8 Å². The van der Waals surface area contributed by atoms with Gasteiger partial charge in [-0.3, -0.25) is 19.8 Å². The lowest BCUT2D eigenvalue weighted by atomic mass is 9.92. The van der Waals surface area contributed by atoms with Crippen LogP contribution in [0.25, 0.3) is 16.7 Å². The minimum absolute atomic E-state index is 0.395. The summed E-state index contributed by atoms with van der Waals surface area (Å²) in [5, 5.41) is 5.64. The van der Waals surface area contributed by atoms with Crippen LogP contribution in [-0.2, 0) is 16.1 Å². The standard InChI is InChI=1S/C27H27N3O4/c1-33-17-22-3-2-11-30(22)15-18-4-7-21(8-5-18)28-14-25-24-13-19(20-10-12-34-16-20)6-9-23(24)26(31)29-27(25)32/h4-10,12-14,16,22,28H,2-3,11,15,17H2,1H3,(H,29,31,32)/b25-14-/t22-/m1/s1. The smallest absolute Gasteiger partial charge is 0.260 e. The van der Waals surface area contributed by atoms with Crippen molar-refractivity contribution in [1.29, 1.82) is 0 Å². The minimum atomic E-state index is -0.427. The van der Waals surface area contributed by atoms with Crippen molar-refractivity contribution in [2.45, 2.75) is 25.4 Å². The molecule has 174 valence electrons. The van der Waals surface area contributed by atoms with Crippen molar-refractivity contribution in [1.82, 2.24) is 10.2 Å². The minimum Gasteiger partial charge on any atom is -0.472 e. The van der Waals surface area contributed by atoms with E-state index < -0.39 is 11.8 Å². The van der Waals surface area contributed by atoms with Crippen LogP contribution in [0.4, 0.5) is 5.69 Å². The van der Waals surface area contributed by atoms with Gasteiger partial charge in [0.05, 0.1) is 24.7 Å². The molecule has 1 saturated heterocycles. The van der Waals surface area contributed by atoms with Crippen LogP contribution in [0, 0.1) is 0 Å². The van der Waals surface area contributed by atoms with Crippen molar-refractivity contribution in [3.05, 3.63) is 83.9 Å². The molecule has 0 bridgehead atoms. The second-order valence-electron chi connectivity index (χ2n) is 8.68. The van der Waals surface area contributed by atoms with Crippen molar-refractivity contribution in [3.63, 3.8) is 0 Å². The SMILES string of the molecule is COC[C@H]1CCCN1Cc1ccc(N/C=C2\C(=O)NC(=O)c3ccc(-c4ccoc4)cc32)cc1. The van der Waals surface area contributed by atoms with Gasteiger partial charge in [-0.2, -0.15) is 0 Å². The van der Waals surface area contributed by atoms with Crippen LogP contribution in [-0.4, -0.2) is 43.0 Å². The maximum atomic E-state index is 12.6. The number of amides is 2. The van der Waals surface area contributed by atoms with Crippen molar-refractivity contribution in [2.75, 3.05) is 25.6 Å². The van der Waals surface area contributed by atoms with Crippen molar-refractivity contribution in [3.8, 4) is 11.1 Å². The zero-order valence-electron chi connectivity index (χ0n) is 19.0. The lowest BCUT2D eigenvalue weighted by Gasteiger charge is -2.23. The Morgan fingerprint density at radius 3 is 2.71 bits per heavy atom. The number of ether oxygens (including phenoxy) is 1. The van der Waals surface area contributed by atoms with Gasteiger partial charge in [0.1, 0.15) is 0 Å². The van der Waals surface area contributed by atoms with E-state index in [1.165, 1.54) is 18.4 Å². The Hall–Kier alpha value is -3.68. The Bertz CT molecular complexity index is 1220. The molecule has 34 heavy (non-hydrogen) atoms. The maximum absolute atomic E-state index is 12.6. The molecule has 3 aromatic rings. The molecule has 0 saturated carbocycles. The lowest BCUT2D eigenvalue weighted by molar-refractivity contribution is -0.114. The van der Waals surface area contributed by atoms with E-state index in [-0.39, 0.29) is 0 Å². The molecule has 0 spiro atoms. The Morgan fingerprint density at radius 1 is 1.09 bits per heavy atom. The van der Waals surface area contributed by atoms with Crippen LogP contribution < -0.4 is 10.6 Å². The number of imide groups is 1. The van der Waals surface area contributed by atoms with E-state index in [0.29, 0.717) is 22.7 Å². The largest absolute Gasteiger partial charge is 0.472 e. The first-order valence-electron chi connectivity index (χ1n) is 11.4. The van der Waals surface area contributed by atoms with Crippen LogP contribution in [0.5, 0.6) is 0 Å². The zero-order valence-corrected chi connectivity index (χ0v) is 19.0. The second-order valence-corrected chi connectivity index (χ2v) is 8.68. The van der Waals surface area contributed by atoms with E-state index in [9.17, 15) is 9.59 Å². The number of carbonyl (C=O) groups excluding carboxylic acids is 2. The first-order chi connectivity index (χ1) is 16.6. The van der Waals surface area contributed by atoms with Gasteiger partial charge >= 0.3 is 0 Å². The number of carbonyl (C=O) groups is 2. The molecule has 1 aromatic heterocycles. The highest BCUT2D eigenvalue weighted by Gasteiger charge is 2.28. The third-order valence-corrected chi connectivity index (χ3v) is 6.46. The average Bonchev–Trinajstić information content (AvgIpc) is 3.53. The van der Waals surface area contributed by atoms with Crippen LogP contribution in [0.2, 0.25) is 0 Å². The third-order valence-electron chi connectivity index (χ3n) is 6.46. The summed E-state index contributed by atoms with van der Waals surface area (Å²) in [5.74, 6) is -0.821. The number of hydrogen-bond acceptors (Lipinski definition) is 6. The molecule has 2 aliphatic rings. The molecule has 7 heteroatoms. The monoisotopic (exact) mass is 457 g/mol. The molecule has 2 aliphatic heterocycles. The summed E-state index contributed by atoms with van der Waals surface area (Å²) >= 11 is 0. The van der Waals surface area contributed by atoms with Crippen LogP contribution in [0.3, 0.4) is 0 Å². The number of furan rings is 1. The Labute approximate surface area is 198 Å². The number of nitrogens with one attached hydrogen (secondary N) is 2. The van der Waals surface area contributed by atoms with E-state index in [1.807, 2.05) is 30.3 Å². The lowest BCUT2D eigenvalue weighted by Crippen LogP contribution is -2.36. The van der Waals surface area contributed by atoms with E-state index in [4.69, 9.17) is 9.15 Å². The van der Waals surface area contributed by atoms with Crippen molar-refractivity contribution < 1.29 is 18.7 Å². The molecule has 1 fully saturated rings. The summed E-state index contributed by atoms with van der Waals surface area (Å²) < 4.78 is 10.5. The third kappa shape index (κ3) is 4.53. The molecule has 2 amide bonds. The molecule has 7 nitrogen and oxygen atoms in total. The average molecular weight is 458 g/mol. The summed E-state index contributed by atoms with van der Waals surface area (Å²) in [6, 6.07) is 15.9. The number of likely N-dealkylation sites (tertiary alicyclic amines) is 1. The molecule has 0 radical (unpaired) electrons. The highest BCUT2D eigenvalue weighted by molar-refractivity contribution is 6.31. The number of hydrogen-bond donors (Lipinski definition) is 2. The molecule has 3 heterocycles. The predicted octanol–water partition coefficient (Wildman–Crippen LogP) is 4.28. The summed E-state index contributed by atoms with van der Waals surface area (Å²) in [5.41, 5.74) is 5.32. The fourth-order valence-electron chi connectivity index (χ4n) is 4.66. The molecule has 5 rings (SSSR count). The normalized spacial score (nSPS) is 19.3. The van der Waals surface area contributed by atoms with Gasteiger partial charge in [-0.25, -0.2) is 0 Å². The second kappa shape index (κ2) is 9.67. The molecular weight excluding hydrogens is 430 g/mol. The number of methoxy groups -OCH3 is 1. The number of fused-ring (bicyclic) bond motifs is 1. The molecule has 1 atom stereocenters. The molecule has 0 unspecified atom stereocenters. The van der Waals surface area contributed by atoms with Gasteiger partial charge in [0.15, 0.2) is 0 Å². The molecule has 0 aliphatic carbocycles.